The molecule has 0 aliphatic rings. The molecule has 0 aliphatic heterocycles. The average molecular weight is 729 g/mol. The summed E-state index contributed by atoms with van der Waals surface area (Å²) in [5.41, 5.74) is 17.3. The molecule has 7 aromatic carbocycles. The van der Waals surface area contributed by atoms with Crippen molar-refractivity contribution in [2.24, 2.45) is 0 Å². The molecule has 0 saturated carbocycles. The Kier molecular flexibility index (Phi) is 12.4. The molecule has 0 amide bonds. The topological polar surface area (TPSA) is 6.48 Å². The van der Waals surface area contributed by atoms with E-state index in [1.54, 1.807) is 0 Å². The Labute approximate surface area is 334 Å². The summed E-state index contributed by atoms with van der Waals surface area (Å²) in [6.45, 7) is 8.95. The van der Waals surface area contributed by atoms with Crippen molar-refractivity contribution < 1.29 is 0 Å². The average Bonchev–Trinajstić information content (AvgIpc) is 3.27. The Bertz CT molecular complexity index is 2220. The van der Waals surface area contributed by atoms with E-state index in [1.165, 1.54) is 44.8 Å². The summed E-state index contributed by atoms with van der Waals surface area (Å²) >= 11 is 0. The molecule has 0 N–H and O–H groups in total. The molecule has 0 aliphatic carbocycles. The van der Waals surface area contributed by atoms with Crippen LogP contribution in [0.25, 0.3) is 24.3 Å². The van der Waals surface area contributed by atoms with Crippen molar-refractivity contribution >= 4 is 58.4 Å². The summed E-state index contributed by atoms with van der Waals surface area (Å²) in [4.78, 5) is 4.70. The molecule has 0 saturated heterocycles. The van der Waals surface area contributed by atoms with Gasteiger partial charge in [0, 0.05) is 34.1 Å². The molecule has 0 unspecified atom stereocenters. The van der Waals surface area contributed by atoms with Crippen LogP contribution >= 0.6 is 0 Å². The molecule has 56 heavy (non-hydrogen) atoms. The molecular formula is C54H52N2. The lowest BCUT2D eigenvalue weighted by Crippen LogP contribution is -2.10. The van der Waals surface area contributed by atoms with Crippen LogP contribution < -0.4 is 9.80 Å². The van der Waals surface area contributed by atoms with Crippen molar-refractivity contribution in [3.63, 3.8) is 0 Å². The monoisotopic (exact) mass is 728 g/mol. The minimum atomic E-state index is 1.02. The molecule has 0 radical (unpaired) electrons. The van der Waals surface area contributed by atoms with E-state index in [-0.39, 0.29) is 0 Å². The summed E-state index contributed by atoms with van der Waals surface area (Å²) in [5, 5.41) is 0. The molecule has 2 heteroatoms. The first kappa shape index (κ1) is 37.9. The third-order valence-electron chi connectivity index (χ3n) is 10.7. The van der Waals surface area contributed by atoms with Gasteiger partial charge in [0.1, 0.15) is 0 Å². The summed E-state index contributed by atoms with van der Waals surface area (Å²) in [5.74, 6) is 0. The maximum absolute atomic E-state index is 2.35. The number of nitrogens with zero attached hydrogens (tertiary/aromatic N) is 2. The fraction of sp³-hybridized carbons (Fsp3) is 0.148. The van der Waals surface area contributed by atoms with Gasteiger partial charge in [0.05, 0.1) is 0 Å². The highest BCUT2D eigenvalue weighted by Gasteiger charge is 2.15. The minimum absolute atomic E-state index is 1.02. The third-order valence-corrected chi connectivity index (χ3v) is 10.7. The summed E-state index contributed by atoms with van der Waals surface area (Å²) in [7, 11) is 0. The van der Waals surface area contributed by atoms with Crippen molar-refractivity contribution in [2.75, 3.05) is 9.80 Å². The maximum Gasteiger partial charge on any atom is 0.0464 e. The van der Waals surface area contributed by atoms with Crippen LogP contribution in [-0.4, -0.2) is 0 Å². The van der Waals surface area contributed by atoms with Crippen molar-refractivity contribution in [2.45, 2.75) is 53.4 Å². The SMILES string of the molecule is CCc1ccc(N(c2ccccc2)c2ccc(C=Cc3ccccc3C=Cc3ccc(N(c4ccccc4)c4ccc(CC)c(CC)c4)cc3)cc2)cc1CC. The molecule has 7 aromatic rings. The number of benzene rings is 7. The first-order chi connectivity index (χ1) is 27.6. The Balaban J connectivity index is 1.10. The van der Waals surface area contributed by atoms with E-state index in [0.717, 1.165) is 59.6 Å². The van der Waals surface area contributed by atoms with Gasteiger partial charge in [-0.05, 0) is 143 Å². The smallest absolute Gasteiger partial charge is 0.0464 e. The van der Waals surface area contributed by atoms with Crippen molar-refractivity contribution in [1.29, 1.82) is 0 Å². The van der Waals surface area contributed by atoms with E-state index in [0.29, 0.717) is 0 Å². The molecule has 0 bridgehead atoms. The lowest BCUT2D eigenvalue weighted by Gasteiger charge is -2.26. The summed E-state index contributed by atoms with van der Waals surface area (Å²) in [6, 6.07) is 61.4. The lowest BCUT2D eigenvalue weighted by atomic mass is 10.0. The van der Waals surface area contributed by atoms with Gasteiger partial charge < -0.3 is 9.80 Å². The largest absolute Gasteiger partial charge is 0.310 e. The maximum atomic E-state index is 2.35. The number of hydrogen-bond acceptors (Lipinski definition) is 2. The fourth-order valence-corrected chi connectivity index (χ4v) is 7.55. The molecule has 0 atom stereocenters. The van der Waals surface area contributed by atoms with Crippen LogP contribution in [-0.2, 0) is 25.7 Å². The number of aryl methyl sites for hydroxylation is 4. The second-order valence-corrected chi connectivity index (χ2v) is 14.1. The predicted molar refractivity (Wildman–Crippen MR) is 244 cm³/mol. The highest BCUT2D eigenvalue weighted by atomic mass is 15.1. The van der Waals surface area contributed by atoms with Crippen LogP contribution in [0.1, 0.15) is 72.2 Å². The van der Waals surface area contributed by atoms with E-state index in [1.807, 2.05) is 0 Å². The van der Waals surface area contributed by atoms with Crippen LogP contribution in [0, 0.1) is 0 Å². The van der Waals surface area contributed by atoms with Crippen molar-refractivity contribution in [3.05, 3.63) is 214 Å². The first-order valence-electron chi connectivity index (χ1n) is 20.2. The van der Waals surface area contributed by atoms with Crippen LogP contribution in [0.15, 0.2) is 170 Å². The Morgan fingerprint density at radius 1 is 0.304 bits per heavy atom. The summed E-state index contributed by atoms with van der Waals surface area (Å²) < 4.78 is 0. The van der Waals surface area contributed by atoms with Crippen LogP contribution in [0.5, 0.6) is 0 Å². The highest BCUT2D eigenvalue weighted by Crippen LogP contribution is 2.37. The number of rotatable bonds is 14. The predicted octanol–water partition coefficient (Wildman–Crippen LogP) is 15.2. The Morgan fingerprint density at radius 2 is 0.625 bits per heavy atom. The van der Waals surface area contributed by atoms with Gasteiger partial charge in [-0.15, -0.1) is 0 Å². The number of hydrogen-bond donors (Lipinski definition) is 0. The zero-order chi connectivity index (χ0) is 38.7. The third kappa shape index (κ3) is 8.77. The van der Waals surface area contributed by atoms with Gasteiger partial charge in [0.25, 0.3) is 0 Å². The number of para-hydroxylation sites is 2. The second kappa shape index (κ2) is 18.3. The zero-order valence-corrected chi connectivity index (χ0v) is 33.2. The van der Waals surface area contributed by atoms with Gasteiger partial charge in [-0.25, -0.2) is 0 Å². The Hall–Kier alpha value is -6.38. The van der Waals surface area contributed by atoms with Crippen LogP contribution in [0.2, 0.25) is 0 Å². The summed E-state index contributed by atoms with van der Waals surface area (Å²) in [6.07, 6.45) is 13.0. The van der Waals surface area contributed by atoms with E-state index in [2.05, 4.69) is 232 Å². The standard InChI is InChI=1S/C54H52N2/c1-5-43-31-37-53(39-45(43)7-3)55(49-19-11-9-12-20-49)51-33-25-41(26-34-51)23-29-47-17-15-16-18-48(47)30-24-42-27-35-52(36-28-42)56(50-21-13-10-14-22-50)54-38-32-44(6-2)46(8-4)40-54/h9-40H,5-8H2,1-4H3. The minimum Gasteiger partial charge on any atom is -0.310 e. The molecule has 278 valence electrons. The van der Waals surface area contributed by atoms with E-state index in [4.69, 9.17) is 0 Å². The molecular weight excluding hydrogens is 677 g/mol. The molecule has 0 spiro atoms. The van der Waals surface area contributed by atoms with Gasteiger partial charge in [0.15, 0.2) is 0 Å². The first-order valence-corrected chi connectivity index (χ1v) is 20.2. The fourth-order valence-electron chi connectivity index (χ4n) is 7.55. The van der Waals surface area contributed by atoms with Gasteiger partial charge in [-0.1, -0.05) is 149 Å². The van der Waals surface area contributed by atoms with Gasteiger partial charge >= 0.3 is 0 Å². The van der Waals surface area contributed by atoms with E-state index < -0.39 is 0 Å². The lowest BCUT2D eigenvalue weighted by molar-refractivity contribution is 1.03. The van der Waals surface area contributed by atoms with E-state index >= 15 is 0 Å². The molecule has 0 fully saturated rings. The molecule has 0 aromatic heterocycles. The molecule has 0 heterocycles. The van der Waals surface area contributed by atoms with Crippen molar-refractivity contribution in [3.8, 4) is 0 Å². The van der Waals surface area contributed by atoms with Gasteiger partial charge in [-0.3, -0.25) is 0 Å². The Morgan fingerprint density at radius 3 is 0.982 bits per heavy atom. The molecule has 7 rings (SSSR count). The zero-order valence-electron chi connectivity index (χ0n) is 33.2. The van der Waals surface area contributed by atoms with Gasteiger partial charge in [0.2, 0.25) is 0 Å². The second-order valence-electron chi connectivity index (χ2n) is 14.1. The van der Waals surface area contributed by atoms with E-state index in [9.17, 15) is 0 Å². The van der Waals surface area contributed by atoms with Crippen molar-refractivity contribution in [1.82, 2.24) is 0 Å². The normalized spacial score (nSPS) is 11.4. The van der Waals surface area contributed by atoms with Crippen LogP contribution in [0.4, 0.5) is 34.1 Å². The van der Waals surface area contributed by atoms with Gasteiger partial charge in [-0.2, -0.15) is 0 Å². The highest BCUT2D eigenvalue weighted by molar-refractivity contribution is 5.82. The number of anilines is 6. The molecule has 2 nitrogen and oxygen atoms in total. The quantitative estimate of drug-likeness (QED) is 0.103. The van der Waals surface area contributed by atoms with Crippen LogP contribution in [0.3, 0.4) is 0 Å².